The van der Waals surface area contributed by atoms with E-state index in [1.54, 1.807) is 4.68 Å². The van der Waals surface area contributed by atoms with Gasteiger partial charge in [0.1, 0.15) is 0 Å². The maximum Gasteiger partial charge on any atom is 0.208 e. The van der Waals surface area contributed by atoms with Crippen molar-refractivity contribution in [2.24, 2.45) is 12.0 Å². The van der Waals surface area contributed by atoms with Gasteiger partial charge in [-0.3, -0.25) is 9.67 Å². The number of aliphatic imine (C=N–C) groups is 1. The van der Waals surface area contributed by atoms with E-state index in [2.05, 4.69) is 20.1 Å². The van der Waals surface area contributed by atoms with Crippen LogP contribution < -0.4 is 10.0 Å². The second kappa shape index (κ2) is 10.0. The lowest BCUT2D eigenvalue weighted by Gasteiger charge is -2.21. The van der Waals surface area contributed by atoms with Gasteiger partial charge in [-0.2, -0.15) is 5.10 Å². The summed E-state index contributed by atoms with van der Waals surface area (Å²) in [5.74, 6) is 0.733. The van der Waals surface area contributed by atoms with E-state index in [0.29, 0.717) is 13.1 Å². The van der Waals surface area contributed by atoms with Gasteiger partial charge in [0.15, 0.2) is 5.96 Å². The Kier molecular flexibility index (Phi) is 9.60. The van der Waals surface area contributed by atoms with E-state index < -0.39 is 10.0 Å². The Balaban J connectivity index is 0.00000441. The standard InChI is InChI=1S/C12H24N6O2S.HI/c1-5-13-12(14-6-7-16-21(4,19)20)17(2)9-11-8-15-18(3)10-11;/h8,10,16H,5-7,9H2,1-4H3,(H,13,14);1H. The Morgan fingerprint density at radius 2 is 2.18 bits per heavy atom. The summed E-state index contributed by atoms with van der Waals surface area (Å²) in [5.41, 5.74) is 1.08. The zero-order chi connectivity index (χ0) is 15.9. The molecule has 0 radical (unpaired) electrons. The summed E-state index contributed by atoms with van der Waals surface area (Å²) in [6.07, 6.45) is 4.90. The van der Waals surface area contributed by atoms with Gasteiger partial charge in [0.2, 0.25) is 10.0 Å². The third-order valence-electron chi connectivity index (χ3n) is 2.61. The van der Waals surface area contributed by atoms with Crippen molar-refractivity contribution in [3.05, 3.63) is 18.0 Å². The minimum absolute atomic E-state index is 0. The van der Waals surface area contributed by atoms with Crippen LogP contribution >= 0.6 is 24.0 Å². The second-order valence-corrected chi connectivity index (χ2v) is 6.61. The molecule has 0 aromatic carbocycles. The topological polar surface area (TPSA) is 91.6 Å². The molecule has 0 unspecified atom stereocenters. The summed E-state index contributed by atoms with van der Waals surface area (Å²) in [6, 6.07) is 0. The van der Waals surface area contributed by atoms with Crippen LogP contribution in [0, 0.1) is 0 Å². The number of aromatic nitrogens is 2. The first-order valence-corrected chi connectivity index (χ1v) is 8.62. The van der Waals surface area contributed by atoms with E-state index in [4.69, 9.17) is 0 Å². The van der Waals surface area contributed by atoms with Gasteiger partial charge in [-0.25, -0.2) is 13.1 Å². The molecule has 1 rings (SSSR count). The summed E-state index contributed by atoms with van der Waals surface area (Å²) in [6.45, 7) is 4.08. The quantitative estimate of drug-likeness (QED) is 0.267. The average molecular weight is 444 g/mol. The molecule has 1 aromatic rings. The molecule has 2 N–H and O–H groups in total. The van der Waals surface area contributed by atoms with Gasteiger partial charge in [0.25, 0.3) is 0 Å². The van der Waals surface area contributed by atoms with E-state index >= 15 is 0 Å². The number of hydrogen-bond donors (Lipinski definition) is 2. The number of aryl methyl sites for hydroxylation is 1. The van der Waals surface area contributed by atoms with Gasteiger partial charge in [-0.05, 0) is 6.92 Å². The molecule has 0 aliphatic carbocycles. The predicted molar refractivity (Wildman–Crippen MR) is 98.9 cm³/mol. The zero-order valence-corrected chi connectivity index (χ0v) is 16.6. The van der Waals surface area contributed by atoms with Crippen molar-refractivity contribution < 1.29 is 8.42 Å². The summed E-state index contributed by atoms with van der Waals surface area (Å²) < 4.78 is 26.1. The third-order valence-corrected chi connectivity index (χ3v) is 3.34. The molecular weight excluding hydrogens is 419 g/mol. The number of nitrogens with one attached hydrogen (secondary N) is 2. The number of nitrogens with zero attached hydrogens (tertiary/aromatic N) is 4. The number of hydrogen-bond acceptors (Lipinski definition) is 4. The van der Waals surface area contributed by atoms with Gasteiger partial charge < -0.3 is 10.2 Å². The van der Waals surface area contributed by atoms with Crippen molar-refractivity contribution in [2.45, 2.75) is 13.5 Å². The summed E-state index contributed by atoms with van der Waals surface area (Å²) >= 11 is 0. The molecule has 0 aliphatic rings. The van der Waals surface area contributed by atoms with Gasteiger partial charge >= 0.3 is 0 Å². The zero-order valence-electron chi connectivity index (χ0n) is 13.4. The fourth-order valence-corrected chi connectivity index (χ4v) is 2.23. The van der Waals surface area contributed by atoms with Gasteiger partial charge in [0.05, 0.1) is 19.0 Å². The van der Waals surface area contributed by atoms with Crippen molar-refractivity contribution in [3.63, 3.8) is 0 Å². The maximum absolute atomic E-state index is 11.0. The predicted octanol–water partition coefficient (Wildman–Crippen LogP) is -0.0154. The van der Waals surface area contributed by atoms with E-state index in [1.165, 1.54) is 0 Å². The van der Waals surface area contributed by atoms with Gasteiger partial charge in [-0.15, -0.1) is 24.0 Å². The molecule has 8 nitrogen and oxygen atoms in total. The molecule has 1 heterocycles. The van der Waals surface area contributed by atoms with Crippen LogP contribution in [-0.4, -0.2) is 62.0 Å². The van der Waals surface area contributed by atoms with Crippen LogP contribution in [0.5, 0.6) is 0 Å². The van der Waals surface area contributed by atoms with Gasteiger partial charge in [0, 0.05) is 45.5 Å². The average Bonchev–Trinajstić information content (AvgIpc) is 2.77. The fraction of sp³-hybridized carbons (Fsp3) is 0.667. The van der Waals surface area contributed by atoms with Crippen LogP contribution in [0.15, 0.2) is 17.4 Å². The Hall–Kier alpha value is -0.880. The number of halogens is 1. The van der Waals surface area contributed by atoms with Crippen molar-refractivity contribution >= 4 is 40.0 Å². The van der Waals surface area contributed by atoms with Crippen LogP contribution in [0.4, 0.5) is 0 Å². The van der Waals surface area contributed by atoms with Crippen LogP contribution in [0.1, 0.15) is 12.5 Å². The molecule has 1 aromatic heterocycles. The highest BCUT2D eigenvalue weighted by molar-refractivity contribution is 14.0. The lowest BCUT2D eigenvalue weighted by atomic mass is 10.3. The molecule has 0 bridgehead atoms. The lowest BCUT2D eigenvalue weighted by molar-refractivity contribution is 0.476. The number of guanidine groups is 1. The highest BCUT2D eigenvalue weighted by Gasteiger charge is 2.07. The SMILES string of the molecule is CCNC(=NCCNS(C)(=O)=O)N(C)Cc1cnn(C)c1.I. The fourth-order valence-electron chi connectivity index (χ4n) is 1.76. The summed E-state index contributed by atoms with van der Waals surface area (Å²) in [5, 5.41) is 7.31. The van der Waals surface area contributed by atoms with E-state index in [9.17, 15) is 8.42 Å². The molecule has 128 valence electrons. The van der Waals surface area contributed by atoms with E-state index in [1.807, 2.05) is 38.3 Å². The highest BCUT2D eigenvalue weighted by Crippen LogP contribution is 2.01. The Bertz CT molecular complexity index is 572. The molecule has 10 heteroatoms. The molecular formula is C12H25IN6O2S. The molecule has 0 saturated heterocycles. The van der Waals surface area contributed by atoms with Crippen molar-refractivity contribution in [2.75, 3.05) is 32.9 Å². The Labute approximate surface area is 149 Å². The first-order valence-electron chi connectivity index (χ1n) is 6.73. The minimum Gasteiger partial charge on any atom is -0.357 e. The largest absolute Gasteiger partial charge is 0.357 e. The molecule has 0 aliphatic heterocycles. The van der Waals surface area contributed by atoms with E-state index in [0.717, 1.165) is 24.3 Å². The Morgan fingerprint density at radius 1 is 1.50 bits per heavy atom. The van der Waals surface area contributed by atoms with Crippen LogP contribution in [0.3, 0.4) is 0 Å². The minimum atomic E-state index is -3.16. The number of sulfonamides is 1. The summed E-state index contributed by atoms with van der Waals surface area (Å²) in [7, 11) is 0.639. The molecule has 0 saturated carbocycles. The van der Waals surface area contributed by atoms with Crippen LogP contribution in [-0.2, 0) is 23.6 Å². The molecule has 0 spiro atoms. The lowest BCUT2D eigenvalue weighted by Crippen LogP contribution is -2.39. The first kappa shape index (κ1) is 21.1. The maximum atomic E-state index is 11.0. The molecule has 22 heavy (non-hydrogen) atoms. The first-order chi connectivity index (χ1) is 9.81. The third kappa shape index (κ3) is 8.54. The van der Waals surface area contributed by atoms with Crippen molar-refractivity contribution in [1.29, 1.82) is 0 Å². The Morgan fingerprint density at radius 3 is 2.68 bits per heavy atom. The smallest absolute Gasteiger partial charge is 0.208 e. The van der Waals surface area contributed by atoms with E-state index in [-0.39, 0.29) is 30.5 Å². The normalized spacial score (nSPS) is 11.9. The van der Waals surface area contributed by atoms with Crippen LogP contribution in [0.2, 0.25) is 0 Å². The number of rotatable bonds is 7. The van der Waals surface area contributed by atoms with Crippen LogP contribution in [0.25, 0.3) is 0 Å². The van der Waals surface area contributed by atoms with Crippen molar-refractivity contribution in [1.82, 2.24) is 24.7 Å². The second-order valence-electron chi connectivity index (χ2n) is 4.78. The molecule has 0 amide bonds. The van der Waals surface area contributed by atoms with Crippen molar-refractivity contribution in [3.8, 4) is 0 Å². The highest BCUT2D eigenvalue weighted by atomic mass is 127. The summed E-state index contributed by atoms with van der Waals surface area (Å²) in [4.78, 5) is 6.37. The molecule has 0 fully saturated rings. The van der Waals surface area contributed by atoms with Gasteiger partial charge in [-0.1, -0.05) is 0 Å². The molecule has 0 atom stereocenters. The monoisotopic (exact) mass is 444 g/mol.